The monoisotopic (exact) mass is 363 g/mol. The van der Waals surface area contributed by atoms with E-state index in [1.165, 1.54) is 0 Å². The minimum Gasteiger partial charge on any atom is -0.494 e. The number of nitrogens with zero attached hydrogens (tertiary/aromatic N) is 3. The van der Waals surface area contributed by atoms with Gasteiger partial charge in [-0.25, -0.2) is 8.42 Å². The topological polar surface area (TPSA) is 64.4 Å². The largest absolute Gasteiger partial charge is 0.494 e. The van der Waals surface area contributed by atoms with Gasteiger partial charge < -0.3 is 4.74 Å². The molecule has 3 rings (SSSR count). The van der Waals surface area contributed by atoms with Gasteiger partial charge in [0.15, 0.2) is 0 Å². The lowest BCUT2D eigenvalue weighted by molar-refractivity contribution is 0.280. The molecule has 0 aliphatic carbocycles. The molecule has 2 heterocycles. The molecule has 25 heavy (non-hydrogen) atoms. The van der Waals surface area contributed by atoms with Crippen molar-refractivity contribution < 1.29 is 13.2 Å². The third-order valence-electron chi connectivity index (χ3n) is 4.83. The van der Waals surface area contributed by atoms with E-state index in [2.05, 4.69) is 5.10 Å². The van der Waals surface area contributed by atoms with Crippen molar-refractivity contribution in [2.45, 2.75) is 31.6 Å². The first-order valence-electron chi connectivity index (χ1n) is 8.58. The van der Waals surface area contributed by atoms with Crippen LogP contribution >= 0.6 is 0 Å². The first-order valence-corrected chi connectivity index (χ1v) is 10.0. The molecule has 0 unspecified atom stereocenters. The molecule has 1 fully saturated rings. The van der Waals surface area contributed by atoms with E-state index in [0.717, 1.165) is 18.6 Å². The summed E-state index contributed by atoms with van der Waals surface area (Å²) in [6, 6.07) is 9.70. The predicted molar refractivity (Wildman–Crippen MR) is 96.1 cm³/mol. The Morgan fingerprint density at radius 1 is 1.24 bits per heavy atom. The molecule has 0 N–H and O–H groups in total. The molecular formula is C18H25N3O3S. The van der Waals surface area contributed by atoms with Gasteiger partial charge in [-0.1, -0.05) is 18.2 Å². The molecule has 0 spiro atoms. The zero-order valence-electron chi connectivity index (χ0n) is 15.0. The summed E-state index contributed by atoms with van der Waals surface area (Å²) in [5, 5.41) is 4.24. The quantitative estimate of drug-likeness (QED) is 0.791. The second kappa shape index (κ2) is 7.17. The average Bonchev–Trinajstić information content (AvgIpc) is 3.14. The molecule has 1 aromatic carbocycles. The Kier molecular flexibility index (Phi) is 5.15. The Balaban J connectivity index is 1.60. The van der Waals surface area contributed by atoms with Crippen LogP contribution in [0.3, 0.4) is 0 Å². The van der Waals surface area contributed by atoms with Gasteiger partial charge in [-0.05, 0) is 44.7 Å². The fourth-order valence-corrected chi connectivity index (χ4v) is 5.30. The van der Waals surface area contributed by atoms with E-state index in [4.69, 9.17) is 4.74 Å². The highest BCUT2D eigenvalue weighted by Gasteiger charge is 2.35. The number of rotatable bonds is 6. The van der Waals surface area contributed by atoms with Crippen LogP contribution in [0.4, 0.5) is 0 Å². The standard InChI is InChI=1S/C18H25N3O3S/c1-14-18(15(2)20(3)19-14)25(22,23)21-11-9-16(13-21)10-12-24-17-7-5-4-6-8-17/h4-8,16H,9-13H2,1-3H3/t16-/m1/s1. The third kappa shape index (κ3) is 3.72. The lowest BCUT2D eigenvalue weighted by atomic mass is 10.1. The molecular weight excluding hydrogens is 338 g/mol. The maximum Gasteiger partial charge on any atom is 0.246 e. The number of sulfonamides is 1. The van der Waals surface area contributed by atoms with Crippen LogP contribution < -0.4 is 4.74 Å². The normalized spacial score (nSPS) is 18.6. The third-order valence-corrected chi connectivity index (χ3v) is 6.95. The summed E-state index contributed by atoms with van der Waals surface area (Å²) in [5.41, 5.74) is 1.25. The average molecular weight is 363 g/mol. The van der Waals surface area contributed by atoms with Gasteiger partial charge in [-0.2, -0.15) is 9.40 Å². The lowest BCUT2D eigenvalue weighted by Crippen LogP contribution is -2.30. The maximum absolute atomic E-state index is 13.0. The summed E-state index contributed by atoms with van der Waals surface area (Å²) in [6.07, 6.45) is 1.72. The molecule has 1 atom stereocenters. The highest BCUT2D eigenvalue weighted by atomic mass is 32.2. The fourth-order valence-electron chi connectivity index (χ4n) is 3.37. The number of hydrogen-bond acceptors (Lipinski definition) is 4. The number of hydrogen-bond donors (Lipinski definition) is 0. The number of para-hydroxylation sites is 1. The molecule has 1 aliphatic heterocycles. The van der Waals surface area contributed by atoms with Crippen molar-refractivity contribution in [3.8, 4) is 5.75 Å². The molecule has 0 amide bonds. The first-order chi connectivity index (χ1) is 11.9. The van der Waals surface area contributed by atoms with Crippen LogP contribution in [-0.4, -0.2) is 42.2 Å². The zero-order chi connectivity index (χ0) is 18.0. The summed E-state index contributed by atoms with van der Waals surface area (Å²) in [7, 11) is -1.71. The van der Waals surface area contributed by atoms with E-state index >= 15 is 0 Å². The van der Waals surface area contributed by atoms with Crippen molar-refractivity contribution in [2.24, 2.45) is 13.0 Å². The Morgan fingerprint density at radius 2 is 1.96 bits per heavy atom. The van der Waals surface area contributed by atoms with E-state index in [9.17, 15) is 8.42 Å². The highest BCUT2D eigenvalue weighted by molar-refractivity contribution is 7.89. The fraction of sp³-hybridized carbons (Fsp3) is 0.500. The van der Waals surface area contributed by atoms with Crippen LogP contribution in [-0.2, 0) is 17.1 Å². The van der Waals surface area contributed by atoms with E-state index < -0.39 is 10.0 Å². The summed E-state index contributed by atoms with van der Waals surface area (Å²) < 4.78 is 34.9. The van der Waals surface area contributed by atoms with Crippen LogP contribution in [0.1, 0.15) is 24.2 Å². The van der Waals surface area contributed by atoms with Gasteiger partial charge in [0.25, 0.3) is 0 Å². The molecule has 1 aliphatic rings. The summed E-state index contributed by atoms with van der Waals surface area (Å²) in [4.78, 5) is 0.358. The molecule has 0 saturated carbocycles. The molecule has 1 saturated heterocycles. The van der Waals surface area contributed by atoms with Crippen molar-refractivity contribution in [1.29, 1.82) is 0 Å². The van der Waals surface area contributed by atoms with E-state index in [1.54, 1.807) is 29.9 Å². The molecule has 0 radical (unpaired) electrons. The van der Waals surface area contributed by atoms with Crippen LogP contribution in [0.25, 0.3) is 0 Å². The summed E-state index contributed by atoms with van der Waals surface area (Å²) in [5.74, 6) is 1.18. The zero-order valence-corrected chi connectivity index (χ0v) is 15.8. The first kappa shape index (κ1) is 17.9. The number of ether oxygens (including phenoxy) is 1. The number of aryl methyl sites for hydroxylation is 2. The van der Waals surface area contributed by atoms with Gasteiger partial charge in [0, 0.05) is 20.1 Å². The van der Waals surface area contributed by atoms with Crippen LogP contribution in [0.2, 0.25) is 0 Å². The van der Waals surface area contributed by atoms with Gasteiger partial charge in [-0.3, -0.25) is 4.68 Å². The van der Waals surface area contributed by atoms with Crippen LogP contribution in [0.15, 0.2) is 35.2 Å². The van der Waals surface area contributed by atoms with Gasteiger partial charge in [0.2, 0.25) is 10.0 Å². The number of aromatic nitrogens is 2. The van der Waals surface area contributed by atoms with E-state index in [-0.39, 0.29) is 0 Å². The molecule has 136 valence electrons. The number of benzene rings is 1. The maximum atomic E-state index is 13.0. The Morgan fingerprint density at radius 3 is 2.60 bits per heavy atom. The van der Waals surface area contributed by atoms with Crippen LogP contribution in [0, 0.1) is 19.8 Å². The lowest BCUT2D eigenvalue weighted by Gasteiger charge is -2.17. The van der Waals surface area contributed by atoms with Crippen molar-refractivity contribution in [1.82, 2.24) is 14.1 Å². The van der Waals surface area contributed by atoms with E-state index in [1.807, 2.05) is 30.3 Å². The van der Waals surface area contributed by atoms with Gasteiger partial charge in [-0.15, -0.1) is 0 Å². The smallest absolute Gasteiger partial charge is 0.246 e. The van der Waals surface area contributed by atoms with Crippen molar-refractivity contribution >= 4 is 10.0 Å². The Hall–Kier alpha value is -1.86. The van der Waals surface area contributed by atoms with E-state index in [0.29, 0.717) is 41.9 Å². The van der Waals surface area contributed by atoms with Crippen molar-refractivity contribution in [3.05, 3.63) is 41.7 Å². The summed E-state index contributed by atoms with van der Waals surface area (Å²) in [6.45, 7) is 5.27. The molecule has 7 heteroatoms. The molecule has 1 aromatic heterocycles. The van der Waals surface area contributed by atoms with Gasteiger partial charge in [0.1, 0.15) is 10.6 Å². The minimum atomic E-state index is -3.48. The minimum absolute atomic E-state index is 0.329. The second-order valence-electron chi connectivity index (χ2n) is 6.59. The summed E-state index contributed by atoms with van der Waals surface area (Å²) >= 11 is 0. The van der Waals surface area contributed by atoms with Crippen molar-refractivity contribution in [3.63, 3.8) is 0 Å². The second-order valence-corrected chi connectivity index (χ2v) is 8.47. The highest BCUT2D eigenvalue weighted by Crippen LogP contribution is 2.29. The predicted octanol–water partition coefficient (Wildman–Crippen LogP) is 2.52. The van der Waals surface area contributed by atoms with Crippen LogP contribution in [0.5, 0.6) is 5.75 Å². The van der Waals surface area contributed by atoms with Crippen molar-refractivity contribution in [2.75, 3.05) is 19.7 Å². The van der Waals surface area contributed by atoms with Gasteiger partial charge in [0.05, 0.1) is 18.0 Å². The molecule has 6 nitrogen and oxygen atoms in total. The molecule has 2 aromatic rings. The Bertz CT molecular complexity index is 831. The van der Waals surface area contributed by atoms with Gasteiger partial charge >= 0.3 is 0 Å². The SMILES string of the molecule is Cc1nn(C)c(C)c1S(=O)(=O)N1CC[C@H](CCOc2ccccc2)C1. The Labute approximate surface area is 149 Å². The molecule has 0 bridgehead atoms.